The van der Waals surface area contributed by atoms with Gasteiger partial charge in [-0.25, -0.2) is 0 Å². The lowest BCUT2D eigenvalue weighted by Gasteiger charge is -2.16. The average molecular weight is 304 g/mol. The van der Waals surface area contributed by atoms with Gasteiger partial charge in [0.05, 0.1) is 18.8 Å². The van der Waals surface area contributed by atoms with Crippen LogP contribution in [0.3, 0.4) is 0 Å². The minimum Gasteiger partial charge on any atom is -0.389 e. The quantitative estimate of drug-likeness (QED) is 0.841. The highest BCUT2D eigenvalue weighted by molar-refractivity contribution is 6.35. The Hall–Kier alpha value is -0.480. The van der Waals surface area contributed by atoms with E-state index >= 15 is 0 Å². The molecule has 1 aliphatic rings. The highest BCUT2D eigenvalue weighted by atomic mass is 35.5. The molecule has 19 heavy (non-hydrogen) atoms. The van der Waals surface area contributed by atoms with E-state index in [-0.39, 0.29) is 0 Å². The van der Waals surface area contributed by atoms with Gasteiger partial charge in [-0.2, -0.15) is 0 Å². The molecule has 0 bridgehead atoms. The number of rotatable bonds is 6. The molecule has 0 spiro atoms. The van der Waals surface area contributed by atoms with Gasteiger partial charge >= 0.3 is 0 Å². The van der Waals surface area contributed by atoms with Crippen molar-refractivity contribution in [1.82, 2.24) is 0 Å². The molecule has 1 aromatic rings. The number of aliphatic hydroxyl groups excluding tert-OH is 1. The van der Waals surface area contributed by atoms with Crippen molar-refractivity contribution in [1.29, 1.82) is 0 Å². The van der Waals surface area contributed by atoms with Crippen LogP contribution in [-0.4, -0.2) is 30.5 Å². The van der Waals surface area contributed by atoms with E-state index in [1.54, 1.807) is 18.2 Å². The summed E-state index contributed by atoms with van der Waals surface area (Å²) < 4.78 is 5.66. The van der Waals surface area contributed by atoms with Crippen LogP contribution in [0.4, 0.5) is 5.69 Å². The van der Waals surface area contributed by atoms with Gasteiger partial charge in [0.25, 0.3) is 0 Å². The molecular formula is C14H19Cl2NO2. The summed E-state index contributed by atoms with van der Waals surface area (Å²) in [4.78, 5) is 0. The summed E-state index contributed by atoms with van der Waals surface area (Å²) in [5.41, 5.74) is 0.803. The van der Waals surface area contributed by atoms with Crippen LogP contribution >= 0.6 is 23.2 Å². The second kappa shape index (κ2) is 7.34. The van der Waals surface area contributed by atoms with E-state index < -0.39 is 6.10 Å². The van der Waals surface area contributed by atoms with Crippen LogP contribution in [0.2, 0.25) is 10.0 Å². The molecule has 0 saturated heterocycles. The van der Waals surface area contributed by atoms with Crippen LogP contribution in [0.25, 0.3) is 0 Å². The summed E-state index contributed by atoms with van der Waals surface area (Å²) in [5.74, 6) is 0. The van der Waals surface area contributed by atoms with Gasteiger partial charge in [0.2, 0.25) is 0 Å². The number of hydrogen-bond donors (Lipinski definition) is 2. The third kappa shape index (κ3) is 5.19. The fourth-order valence-electron chi connectivity index (χ4n) is 2.25. The Morgan fingerprint density at radius 2 is 1.84 bits per heavy atom. The monoisotopic (exact) mass is 303 g/mol. The van der Waals surface area contributed by atoms with Crippen LogP contribution in [0.1, 0.15) is 25.7 Å². The predicted octanol–water partition coefficient (Wildman–Crippen LogP) is 3.73. The second-order valence-electron chi connectivity index (χ2n) is 4.93. The molecule has 1 atom stereocenters. The summed E-state index contributed by atoms with van der Waals surface area (Å²) >= 11 is 11.8. The molecule has 0 radical (unpaired) electrons. The van der Waals surface area contributed by atoms with Gasteiger partial charge in [-0.15, -0.1) is 0 Å². The highest BCUT2D eigenvalue weighted by Crippen LogP contribution is 2.23. The van der Waals surface area contributed by atoms with Gasteiger partial charge < -0.3 is 15.2 Å². The van der Waals surface area contributed by atoms with E-state index in [1.165, 1.54) is 12.8 Å². The number of nitrogens with one attached hydrogen (secondary N) is 1. The van der Waals surface area contributed by atoms with Crippen molar-refractivity contribution in [2.75, 3.05) is 18.5 Å². The molecule has 3 nitrogen and oxygen atoms in total. The minimum atomic E-state index is -0.529. The molecular weight excluding hydrogens is 285 g/mol. The first kappa shape index (κ1) is 14.9. The molecule has 5 heteroatoms. The Kier molecular flexibility index (Phi) is 5.76. The number of halogens is 2. The molecule has 0 heterocycles. The third-order valence-electron chi connectivity index (χ3n) is 3.23. The van der Waals surface area contributed by atoms with E-state index in [0.29, 0.717) is 29.3 Å². The molecule has 1 fully saturated rings. The summed E-state index contributed by atoms with van der Waals surface area (Å²) in [5, 5.41) is 14.1. The van der Waals surface area contributed by atoms with Crippen LogP contribution in [0.15, 0.2) is 18.2 Å². The normalized spacial score (nSPS) is 17.6. The maximum absolute atomic E-state index is 9.86. The van der Waals surface area contributed by atoms with Gasteiger partial charge in [-0.3, -0.25) is 0 Å². The van der Waals surface area contributed by atoms with Crippen LogP contribution < -0.4 is 5.32 Å². The van der Waals surface area contributed by atoms with Gasteiger partial charge in [0.15, 0.2) is 0 Å². The van der Waals surface area contributed by atoms with E-state index in [1.807, 2.05) is 0 Å². The van der Waals surface area contributed by atoms with Crippen molar-refractivity contribution < 1.29 is 9.84 Å². The molecule has 2 N–H and O–H groups in total. The number of benzene rings is 1. The molecule has 106 valence electrons. The molecule has 2 rings (SSSR count). The maximum atomic E-state index is 9.86. The SMILES string of the molecule is OC(CNc1cc(Cl)cc(Cl)c1)COC1CCCC1. The molecule has 0 aliphatic heterocycles. The first-order valence-electron chi connectivity index (χ1n) is 6.63. The summed E-state index contributed by atoms with van der Waals surface area (Å²) in [6.07, 6.45) is 4.50. The molecule has 0 amide bonds. The lowest BCUT2D eigenvalue weighted by Crippen LogP contribution is -2.27. The second-order valence-corrected chi connectivity index (χ2v) is 5.81. The lowest BCUT2D eigenvalue weighted by atomic mass is 10.3. The predicted molar refractivity (Wildman–Crippen MR) is 79.2 cm³/mol. The zero-order valence-corrected chi connectivity index (χ0v) is 12.3. The third-order valence-corrected chi connectivity index (χ3v) is 3.67. The molecule has 1 saturated carbocycles. The van der Waals surface area contributed by atoms with Gasteiger partial charge in [-0.05, 0) is 31.0 Å². The molecule has 0 aromatic heterocycles. The lowest BCUT2D eigenvalue weighted by molar-refractivity contribution is -0.00117. The standard InChI is InChI=1S/C14H19Cl2NO2/c15-10-5-11(16)7-12(6-10)17-8-13(18)9-19-14-3-1-2-4-14/h5-7,13-14,17-18H,1-4,8-9H2. The number of anilines is 1. The van der Waals surface area contributed by atoms with E-state index in [2.05, 4.69) is 5.32 Å². The zero-order chi connectivity index (χ0) is 13.7. The average Bonchev–Trinajstić information content (AvgIpc) is 2.86. The van der Waals surface area contributed by atoms with E-state index in [0.717, 1.165) is 18.5 Å². The molecule has 1 unspecified atom stereocenters. The Labute approximate surface area is 123 Å². The van der Waals surface area contributed by atoms with Crippen LogP contribution in [0, 0.1) is 0 Å². The first-order valence-corrected chi connectivity index (χ1v) is 7.39. The fourth-order valence-corrected chi connectivity index (χ4v) is 2.78. The summed E-state index contributed by atoms with van der Waals surface area (Å²) in [7, 11) is 0. The summed E-state index contributed by atoms with van der Waals surface area (Å²) in [6.45, 7) is 0.787. The largest absolute Gasteiger partial charge is 0.389 e. The Bertz CT molecular complexity index is 388. The van der Waals surface area contributed by atoms with Gasteiger partial charge in [-0.1, -0.05) is 36.0 Å². The zero-order valence-electron chi connectivity index (χ0n) is 10.7. The van der Waals surface area contributed by atoms with Crippen molar-refractivity contribution in [2.24, 2.45) is 0 Å². The van der Waals surface area contributed by atoms with Crippen molar-refractivity contribution >= 4 is 28.9 Å². The highest BCUT2D eigenvalue weighted by Gasteiger charge is 2.16. The number of hydrogen-bond acceptors (Lipinski definition) is 3. The maximum Gasteiger partial charge on any atom is 0.0945 e. The topological polar surface area (TPSA) is 41.5 Å². The van der Waals surface area contributed by atoms with Gasteiger partial charge in [0, 0.05) is 22.3 Å². The van der Waals surface area contributed by atoms with Crippen LogP contribution in [-0.2, 0) is 4.74 Å². The fraction of sp³-hybridized carbons (Fsp3) is 0.571. The van der Waals surface area contributed by atoms with E-state index in [9.17, 15) is 5.11 Å². The Balaban J connectivity index is 1.71. The number of ether oxygens (including phenoxy) is 1. The van der Waals surface area contributed by atoms with E-state index in [4.69, 9.17) is 27.9 Å². The Morgan fingerprint density at radius 3 is 2.47 bits per heavy atom. The van der Waals surface area contributed by atoms with Crippen molar-refractivity contribution in [2.45, 2.75) is 37.9 Å². The van der Waals surface area contributed by atoms with Crippen molar-refractivity contribution in [3.05, 3.63) is 28.2 Å². The minimum absolute atomic E-state index is 0.329. The Morgan fingerprint density at radius 1 is 1.21 bits per heavy atom. The summed E-state index contributed by atoms with van der Waals surface area (Å²) in [6, 6.07) is 5.23. The molecule has 1 aromatic carbocycles. The van der Waals surface area contributed by atoms with Crippen molar-refractivity contribution in [3.63, 3.8) is 0 Å². The molecule has 1 aliphatic carbocycles. The van der Waals surface area contributed by atoms with Gasteiger partial charge in [0.1, 0.15) is 0 Å². The van der Waals surface area contributed by atoms with Crippen molar-refractivity contribution in [3.8, 4) is 0 Å². The smallest absolute Gasteiger partial charge is 0.0945 e. The van der Waals surface area contributed by atoms with Crippen LogP contribution in [0.5, 0.6) is 0 Å². The first-order chi connectivity index (χ1) is 9.13. The number of aliphatic hydroxyl groups is 1.